The predicted octanol–water partition coefficient (Wildman–Crippen LogP) is 3.08. The molecule has 5 nitrogen and oxygen atoms in total. The van der Waals surface area contributed by atoms with E-state index in [0.29, 0.717) is 29.3 Å². The first-order valence-electron chi connectivity index (χ1n) is 7.07. The van der Waals surface area contributed by atoms with Crippen LogP contribution in [0, 0.1) is 12.7 Å². The Morgan fingerprint density at radius 2 is 1.96 bits per heavy atom. The molecule has 0 spiro atoms. The second-order valence-electron chi connectivity index (χ2n) is 4.98. The highest BCUT2D eigenvalue weighted by atomic mass is 19.1. The molecule has 2 aromatic rings. The minimum absolute atomic E-state index is 0.232. The number of aliphatic imine (C=N–C) groups is 1. The Hall–Kier alpha value is -2.76. The molecule has 2 rings (SSSR count). The van der Waals surface area contributed by atoms with Gasteiger partial charge in [0.1, 0.15) is 17.3 Å². The quantitative estimate of drug-likeness (QED) is 0.657. The number of rotatable bonds is 5. The van der Waals surface area contributed by atoms with Gasteiger partial charge in [0.25, 0.3) is 0 Å². The van der Waals surface area contributed by atoms with Crippen LogP contribution in [0.25, 0.3) is 0 Å². The summed E-state index contributed by atoms with van der Waals surface area (Å²) in [7, 11) is 3.15. The van der Waals surface area contributed by atoms with Gasteiger partial charge >= 0.3 is 0 Å². The summed E-state index contributed by atoms with van der Waals surface area (Å²) in [5.74, 6) is 1.31. The van der Waals surface area contributed by atoms with Gasteiger partial charge in [0, 0.05) is 6.07 Å². The molecule has 0 heterocycles. The number of nitrogens with two attached hydrogens (primary N) is 1. The topological polar surface area (TPSA) is 68.9 Å². The van der Waals surface area contributed by atoms with Crippen molar-refractivity contribution in [3.63, 3.8) is 0 Å². The van der Waals surface area contributed by atoms with Gasteiger partial charge in [-0.15, -0.1) is 0 Å². The van der Waals surface area contributed by atoms with Gasteiger partial charge < -0.3 is 20.5 Å². The molecule has 0 aromatic heterocycles. The lowest BCUT2D eigenvalue weighted by Gasteiger charge is -2.12. The summed E-state index contributed by atoms with van der Waals surface area (Å²) in [6.45, 7) is 2.07. The molecule has 6 heteroatoms. The largest absolute Gasteiger partial charge is 0.497 e. The van der Waals surface area contributed by atoms with Crippen LogP contribution in [0.5, 0.6) is 11.5 Å². The van der Waals surface area contributed by atoms with Gasteiger partial charge in [0.15, 0.2) is 5.96 Å². The third-order valence-electron chi connectivity index (χ3n) is 3.32. The van der Waals surface area contributed by atoms with Crippen molar-refractivity contribution in [1.82, 2.24) is 0 Å². The fourth-order valence-corrected chi connectivity index (χ4v) is 2.07. The fraction of sp³-hybridized carbons (Fsp3) is 0.235. The summed E-state index contributed by atoms with van der Waals surface area (Å²) in [6, 6.07) is 10.2. The zero-order chi connectivity index (χ0) is 16.8. The Bertz CT molecular complexity index is 717. The standard InChI is InChI=1S/C17H20FN3O2/c1-11-8-12(4-6-14(11)18)10-20-17(19)21-15-9-13(22-2)5-7-16(15)23-3/h4-9H,10H2,1-3H3,(H3,19,20,21). The average molecular weight is 317 g/mol. The van der Waals surface area contributed by atoms with E-state index in [1.165, 1.54) is 6.07 Å². The molecule has 0 radical (unpaired) electrons. The molecule has 0 aliphatic rings. The van der Waals surface area contributed by atoms with E-state index in [1.54, 1.807) is 51.5 Å². The van der Waals surface area contributed by atoms with E-state index in [1.807, 2.05) is 0 Å². The number of halogens is 1. The van der Waals surface area contributed by atoms with Gasteiger partial charge in [-0.05, 0) is 36.2 Å². The minimum atomic E-state index is -0.232. The molecule has 0 saturated carbocycles. The molecule has 0 atom stereocenters. The Kier molecular flexibility index (Phi) is 5.41. The predicted molar refractivity (Wildman–Crippen MR) is 89.6 cm³/mol. The van der Waals surface area contributed by atoms with Crippen LogP contribution in [0.15, 0.2) is 41.4 Å². The fourth-order valence-electron chi connectivity index (χ4n) is 2.07. The van der Waals surface area contributed by atoms with Gasteiger partial charge in [0.2, 0.25) is 0 Å². The monoisotopic (exact) mass is 317 g/mol. The summed E-state index contributed by atoms with van der Waals surface area (Å²) in [5.41, 5.74) is 8.02. The van der Waals surface area contributed by atoms with Crippen molar-refractivity contribution in [2.75, 3.05) is 19.5 Å². The van der Waals surface area contributed by atoms with E-state index in [2.05, 4.69) is 10.3 Å². The highest BCUT2D eigenvalue weighted by Gasteiger charge is 2.06. The number of ether oxygens (including phenoxy) is 2. The van der Waals surface area contributed by atoms with E-state index in [4.69, 9.17) is 15.2 Å². The first-order chi connectivity index (χ1) is 11.0. The maximum atomic E-state index is 13.2. The highest BCUT2D eigenvalue weighted by molar-refractivity contribution is 5.94. The van der Waals surface area contributed by atoms with E-state index < -0.39 is 0 Å². The zero-order valence-corrected chi connectivity index (χ0v) is 13.4. The number of benzene rings is 2. The first-order valence-corrected chi connectivity index (χ1v) is 7.07. The van der Waals surface area contributed by atoms with E-state index in [0.717, 1.165) is 5.56 Å². The lowest BCUT2D eigenvalue weighted by molar-refractivity contribution is 0.405. The Morgan fingerprint density at radius 1 is 1.17 bits per heavy atom. The van der Waals surface area contributed by atoms with Gasteiger partial charge in [-0.3, -0.25) is 0 Å². The number of hydrogen-bond acceptors (Lipinski definition) is 3. The van der Waals surface area contributed by atoms with Crippen LogP contribution < -0.4 is 20.5 Å². The third kappa shape index (κ3) is 4.35. The second-order valence-corrected chi connectivity index (χ2v) is 4.98. The van der Waals surface area contributed by atoms with E-state index in [9.17, 15) is 4.39 Å². The molecule has 0 bridgehead atoms. The molecule has 3 N–H and O–H groups in total. The summed E-state index contributed by atoms with van der Waals surface area (Å²) < 4.78 is 23.7. The number of methoxy groups -OCH3 is 2. The van der Waals surface area contributed by atoms with E-state index in [-0.39, 0.29) is 11.8 Å². The van der Waals surface area contributed by atoms with Crippen molar-refractivity contribution < 1.29 is 13.9 Å². The maximum Gasteiger partial charge on any atom is 0.193 e. The molecular weight excluding hydrogens is 297 g/mol. The number of aryl methyl sites for hydroxylation is 1. The maximum absolute atomic E-state index is 13.2. The van der Waals surface area contributed by atoms with Crippen molar-refractivity contribution in [1.29, 1.82) is 0 Å². The third-order valence-corrected chi connectivity index (χ3v) is 3.32. The first kappa shape index (κ1) is 16.6. The van der Waals surface area contributed by atoms with Crippen molar-refractivity contribution >= 4 is 11.6 Å². The normalized spacial score (nSPS) is 11.2. The molecule has 0 amide bonds. The van der Waals surface area contributed by atoms with Crippen LogP contribution in [0.4, 0.5) is 10.1 Å². The summed E-state index contributed by atoms with van der Waals surface area (Å²) >= 11 is 0. The van der Waals surface area contributed by atoms with Crippen LogP contribution in [0.2, 0.25) is 0 Å². The van der Waals surface area contributed by atoms with E-state index >= 15 is 0 Å². The number of guanidine groups is 1. The molecule has 0 unspecified atom stereocenters. The molecular formula is C17H20FN3O2. The summed E-state index contributed by atoms with van der Waals surface area (Å²) in [6.07, 6.45) is 0. The van der Waals surface area contributed by atoms with Gasteiger partial charge in [-0.25, -0.2) is 9.38 Å². The molecule has 23 heavy (non-hydrogen) atoms. The summed E-state index contributed by atoms with van der Waals surface area (Å²) in [4.78, 5) is 4.26. The molecule has 2 aromatic carbocycles. The van der Waals surface area contributed by atoms with Crippen molar-refractivity contribution in [2.24, 2.45) is 10.7 Å². The molecule has 0 aliphatic carbocycles. The second kappa shape index (κ2) is 7.49. The Balaban J connectivity index is 2.11. The lowest BCUT2D eigenvalue weighted by Crippen LogP contribution is -2.23. The van der Waals surface area contributed by atoms with Crippen LogP contribution >= 0.6 is 0 Å². The van der Waals surface area contributed by atoms with Crippen LogP contribution in [-0.4, -0.2) is 20.2 Å². The van der Waals surface area contributed by atoms with Gasteiger partial charge in [0.05, 0.1) is 26.5 Å². The van der Waals surface area contributed by atoms with Crippen molar-refractivity contribution in [2.45, 2.75) is 13.5 Å². The van der Waals surface area contributed by atoms with Crippen LogP contribution in [0.1, 0.15) is 11.1 Å². The number of nitrogens with zero attached hydrogens (tertiary/aromatic N) is 1. The Labute approximate surface area is 134 Å². The zero-order valence-electron chi connectivity index (χ0n) is 13.4. The van der Waals surface area contributed by atoms with Crippen molar-refractivity contribution in [3.8, 4) is 11.5 Å². The molecule has 122 valence electrons. The molecule has 0 fully saturated rings. The average Bonchev–Trinajstić information content (AvgIpc) is 2.55. The molecule has 0 aliphatic heterocycles. The molecule has 0 saturated heterocycles. The Morgan fingerprint density at radius 3 is 2.61 bits per heavy atom. The summed E-state index contributed by atoms with van der Waals surface area (Å²) in [5, 5.41) is 2.98. The number of anilines is 1. The van der Waals surface area contributed by atoms with Crippen molar-refractivity contribution in [3.05, 3.63) is 53.3 Å². The van der Waals surface area contributed by atoms with Crippen LogP contribution in [0.3, 0.4) is 0 Å². The SMILES string of the molecule is COc1ccc(OC)c(NC(N)=NCc2ccc(F)c(C)c2)c1. The van der Waals surface area contributed by atoms with Gasteiger partial charge in [-0.2, -0.15) is 0 Å². The lowest BCUT2D eigenvalue weighted by atomic mass is 10.1. The highest BCUT2D eigenvalue weighted by Crippen LogP contribution is 2.28. The smallest absolute Gasteiger partial charge is 0.193 e. The minimum Gasteiger partial charge on any atom is -0.497 e. The van der Waals surface area contributed by atoms with Gasteiger partial charge in [-0.1, -0.05) is 12.1 Å². The number of hydrogen-bond donors (Lipinski definition) is 2. The van der Waals surface area contributed by atoms with Crippen LogP contribution in [-0.2, 0) is 6.54 Å². The number of nitrogens with one attached hydrogen (secondary N) is 1.